The van der Waals surface area contributed by atoms with E-state index in [1.807, 2.05) is 0 Å². The van der Waals surface area contributed by atoms with Gasteiger partial charge in [-0.15, -0.1) is 30.3 Å². The number of nitrogens with two attached hydrogens (primary N) is 1. The van der Waals surface area contributed by atoms with Crippen molar-refractivity contribution >= 4 is 45.9 Å². The molecule has 1 unspecified atom stereocenters. The molecule has 1 saturated heterocycles. The number of hydrogen-bond donors (Lipinski definition) is 4. The van der Waals surface area contributed by atoms with Crippen LogP contribution in [0.1, 0.15) is 18.3 Å². The van der Waals surface area contributed by atoms with Crippen molar-refractivity contribution in [2.45, 2.75) is 36.1 Å². The van der Waals surface area contributed by atoms with Crippen molar-refractivity contribution in [1.82, 2.24) is 24.5 Å². The van der Waals surface area contributed by atoms with Crippen molar-refractivity contribution in [3.05, 3.63) is 40.9 Å². The number of thiazole rings is 1. The van der Waals surface area contributed by atoms with E-state index >= 15 is 0 Å². The number of anilines is 1. The Kier molecular flexibility index (Phi) is 6.30. The SMILES string of the molecule is C#CCC(OC[C@H]1O[C@@H](n2cnc3c(N)nc(Cl)nc32)[C@H](O)[C@@]1(O)C=C)(C(=O)O)c1cscn1. The molecule has 4 rings (SSSR count). The molecule has 34 heavy (non-hydrogen) atoms. The Bertz CT molecular complexity index is 1280. The van der Waals surface area contributed by atoms with Gasteiger partial charge in [0.25, 0.3) is 0 Å². The van der Waals surface area contributed by atoms with Gasteiger partial charge in [0, 0.05) is 5.38 Å². The lowest BCUT2D eigenvalue weighted by Crippen LogP contribution is -2.49. The minimum atomic E-state index is -2.04. The first-order valence-corrected chi connectivity index (χ1v) is 11.0. The summed E-state index contributed by atoms with van der Waals surface area (Å²) in [6.45, 7) is 3.11. The Hall–Kier alpha value is -3.12. The zero-order valence-corrected chi connectivity index (χ0v) is 19.0. The Balaban J connectivity index is 1.68. The molecule has 5 N–H and O–H groups in total. The van der Waals surface area contributed by atoms with Crippen LogP contribution in [-0.4, -0.2) is 70.2 Å². The fourth-order valence-corrected chi connectivity index (χ4v) is 4.53. The molecular formula is C20H19ClN6O6S. The Morgan fingerprint density at radius 2 is 2.29 bits per heavy atom. The van der Waals surface area contributed by atoms with Crippen LogP contribution in [0.25, 0.3) is 11.2 Å². The molecule has 0 bridgehead atoms. The lowest BCUT2D eigenvalue weighted by molar-refractivity contribution is -0.178. The number of carboxylic acids is 1. The van der Waals surface area contributed by atoms with Crippen LogP contribution in [0, 0.1) is 12.3 Å². The first-order valence-electron chi connectivity index (χ1n) is 9.72. The fraction of sp³-hybridized carbons (Fsp3) is 0.350. The maximum atomic E-state index is 12.2. The van der Waals surface area contributed by atoms with Crippen LogP contribution in [0.5, 0.6) is 0 Å². The predicted octanol–water partition coefficient (Wildman–Crippen LogP) is 0.714. The summed E-state index contributed by atoms with van der Waals surface area (Å²) in [6, 6.07) is 0. The molecular weight excluding hydrogens is 488 g/mol. The molecule has 1 aliphatic rings. The van der Waals surface area contributed by atoms with Crippen LogP contribution in [-0.2, 0) is 19.9 Å². The molecule has 0 radical (unpaired) electrons. The summed E-state index contributed by atoms with van der Waals surface area (Å²) >= 11 is 7.08. The van der Waals surface area contributed by atoms with E-state index in [1.54, 1.807) is 0 Å². The van der Waals surface area contributed by atoms with Crippen LogP contribution >= 0.6 is 22.9 Å². The van der Waals surface area contributed by atoms with Gasteiger partial charge in [-0.25, -0.2) is 14.8 Å². The highest BCUT2D eigenvalue weighted by Crippen LogP contribution is 2.41. The number of ether oxygens (including phenoxy) is 2. The molecule has 0 saturated carbocycles. The van der Waals surface area contributed by atoms with E-state index in [2.05, 4.69) is 32.4 Å². The molecule has 3 aromatic heterocycles. The lowest BCUT2D eigenvalue weighted by Gasteiger charge is -2.31. The van der Waals surface area contributed by atoms with E-state index in [1.165, 1.54) is 33.1 Å². The topological polar surface area (TPSA) is 179 Å². The van der Waals surface area contributed by atoms with Crippen molar-refractivity contribution in [2.24, 2.45) is 0 Å². The van der Waals surface area contributed by atoms with Crippen LogP contribution in [0.2, 0.25) is 5.28 Å². The number of nitrogen functional groups attached to an aromatic ring is 1. The van der Waals surface area contributed by atoms with Gasteiger partial charge in [0.05, 0.1) is 30.6 Å². The third-order valence-corrected chi connectivity index (χ3v) is 6.36. The number of halogens is 1. The third-order valence-electron chi connectivity index (χ3n) is 5.61. The zero-order valence-electron chi connectivity index (χ0n) is 17.4. The maximum Gasteiger partial charge on any atom is 0.343 e. The van der Waals surface area contributed by atoms with E-state index in [-0.39, 0.29) is 34.4 Å². The number of carboxylic acid groups (broad SMARTS) is 1. The van der Waals surface area contributed by atoms with Crippen LogP contribution in [0.15, 0.2) is 29.9 Å². The summed E-state index contributed by atoms with van der Waals surface area (Å²) in [7, 11) is 0. The molecule has 1 aliphatic heterocycles. The number of aromatic nitrogens is 5. The summed E-state index contributed by atoms with van der Waals surface area (Å²) in [6.07, 6.45) is 3.41. The molecule has 3 aromatic rings. The highest BCUT2D eigenvalue weighted by molar-refractivity contribution is 7.07. The van der Waals surface area contributed by atoms with Crippen LogP contribution < -0.4 is 5.73 Å². The monoisotopic (exact) mass is 506 g/mol. The zero-order chi connectivity index (χ0) is 24.7. The van der Waals surface area contributed by atoms with Crippen molar-refractivity contribution in [3.63, 3.8) is 0 Å². The average Bonchev–Trinajstić information content (AvgIpc) is 3.52. The number of hydrogen-bond acceptors (Lipinski definition) is 11. The smallest absolute Gasteiger partial charge is 0.343 e. The highest BCUT2D eigenvalue weighted by atomic mass is 35.5. The summed E-state index contributed by atoms with van der Waals surface area (Å²) in [5, 5.41) is 33.4. The van der Waals surface area contributed by atoms with E-state index in [4.69, 9.17) is 33.2 Å². The lowest BCUT2D eigenvalue weighted by atomic mass is 9.91. The number of nitrogens with zero attached hydrogens (tertiary/aromatic N) is 5. The second-order valence-electron chi connectivity index (χ2n) is 7.45. The molecule has 5 atom stereocenters. The molecule has 0 spiro atoms. The van der Waals surface area contributed by atoms with Gasteiger partial charge in [0.1, 0.15) is 23.3 Å². The fourth-order valence-electron chi connectivity index (χ4n) is 3.75. The minimum Gasteiger partial charge on any atom is -0.479 e. The number of carbonyl (C=O) groups is 1. The van der Waals surface area contributed by atoms with E-state index in [0.29, 0.717) is 0 Å². The Labute approximate surface area is 201 Å². The second kappa shape index (κ2) is 8.91. The van der Waals surface area contributed by atoms with Gasteiger partial charge in [0.2, 0.25) is 10.9 Å². The van der Waals surface area contributed by atoms with Crippen molar-refractivity contribution in [3.8, 4) is 12.3 Å². The highest BCUT2D eigenvalue weighted by Gasteiger charge is 2.56. The van der Waals surface area contributed by atoms with Crippen molar-refractivity contribution < 1.29 is 29.6 Å². The largest absolute Gasteiger partial charge is 0.479 e. The first kappa shape index (κ1) is 24.0. The quantitative estimate of drug-likeness (QED) is 0.192. The minimum absolute atomic E-state index is 0.0175. The molecule has 0 aliphatic carbocycles. The molecule has 12 nitrogen and oxygen atoms in total. The molecule has 14 heteroatoms. The summed E-state index contributed by atoms with van der Waals surface area (Å²) in [5.74, 6) is 0.947. The number of aliphatic hydroxyl groups is 2. The number of terminal acetylenes is 1. The second-order valence-corrected chi connectivity index (χ2v) is 8.51. The summed E-state index contributed by atoms with van der Waals surface area (Å²) in [4.78, 5) is 28.3. The number of aliphatic carboxylic acids is 1. The summed E-state index contributed by atoms with van der Waals surface area (Å²) in [5.41, 5.74) is 3.73. The van der Waals surface area contributed by atoms with Crippen LogP contribution in [0.4, 0.5) is 5.82 Å². The Morgan fingerprint density at radius 1 is 1.53 bits per heavy atom. The molecule has 1 fully saturated rings. The maximum absolute atomic E-state index is 12.2. The van der Waals surface area contributed by atoms with Gasteiger partial charge in [0.15, 0.2) is 17.7 Å². The number of rotatable bonds is 8. The van der Waals surface area contributed by atoms with E-state index in [0.717, 1.165) is 6.08 Å². The van der Waals surface area contributed by atoms with Gasteiger partial charge in [-0.05, 0) is 11.6 Å². The van der Waals surface area contributed by atoms with Gasteiger partial charge >= 0.3 is 5.97 Å². The predicted molar refractivity (Wildman–Crippen MR) is 121 cm³/mol. The van der Waals surface area contributed by atoms with Gasteiger partial charge in [-0.2, -0.15) is 9.97 Å². The van der Waals surface area contributed by atoms with Crippen molar-refractivity contribution in [2.75, 3.05) is 12.3 Å². The molecule has 4 heterocycles. The first-order chi connectivity index (χ1) is 16.2. The molecule has 0 aromatic carbocycles. The normalized spacial score (nSPS) is 26.2. The van der Waals surface area contributed by atoms with E-state index < -0.39 is 42.2 Å². The third kappa shape index (κ3) is 3.70. The number of aliphatic hydroxyl groups excluding tert-OH is 1. The molecule has 178 valence electrons. The van der Waals surface area contributed by atoms with Gasteiger partial charge < -0.3 is 30.5 Å². The average molecular weight is 507 g/mol. The standard InChI is InChI=1S/C20H19ClN6O6S/c1-3-5-20(17(29)30,10-7-34-9-24-10)32-6-11-19(31,4-2)13(28)16(33-11)27-8-23-12-14(22)25-18(21)26-15(12)27/h1,4,7-9,11,13,16,28,31H,2,5-6H2,(H,29,30)(H2,22,25,26)/t11-,13+,16-,19-,20?/m1/s1. The van der Waals surface area contributed by atoms with Gasteiger partial charge in [-0.3, -0.25) is 4.57 Å². The van der Waals surface area contributed by atoms with Crippen molar-refractivity contribution in [1.29, 1.82) is 0 Å². The summed E-state index contributed by atoms with van der Waals surface area (Å²) < 4.78 is 13.0. The number of imidazole rings is 1. The van der Waals surface area contributed by atoms with Gasteiger partial charge in [-0.1, -0.05) is 6.08 Å². The Morgan fingerprint density at radius 3 is 2.91 bits per heavy atom. The van der Waals surface area contributed by atoms with E-state index in [9.17, 15) is 20.1 Å². The molecule has 0 amide bonds. The van der Waals surface area contributed by atoms with Crippen LogP contribution in [0.3, 0.4) is 0 Å². The number of fused-ring (bicyclic) bond motifs is 1.